The van der Waals surface area contributed by atoms with Gasteiger partial charge >= 0.3 is 0 Å². The van der Waals surface area contributed by atoms with Crippen molar-refractivity contribution in [2.45, 2.75) is 0 Å². The Hall–Kier alpha value is -7.68. The summed E-state index contributed by atoms with van der Waals surface area (Å²) in [7, 11) is 0. The molecule has 0 aliphatic carbocycles. The van der Waals surface area contributed by atoms with Crippen molar-refractivity contribution in [1.82, 2.24) is 4.57 Å². The van der Waals surface area contributed by atoms with Crippen LogP contribution in [0.5, 0.6) is 0 Å². The van der Waals surface area contributed by atoms with Crippen LogP contribution in [0.3, 0.4) is 0 Å². The molecule has 0 bridgehead atoms. The van der Waals surface area contributed by atoms with Crippen LogP contribution in [0.2, 0.25) is 0 Å². The van der Waals surface area contributed by atoms with E-state index in [-0.39, 0.29) is 0 Å². The van der Waals surface area contributed by atoms with Gasteiger partial charge in [0.1, 0.15) is 0 Å². The van der Waals surface area contributed by atoms with Crippen LogP contribution < -0.4 is 4.90 Å². The maximum absolute atomic E-state index is 2.47. The minimum atomic E-state index is 1.09. The third kappa shape index (κ3) is 5.74. The summed E-state index contributed by atoms with van der Waals surface area (Å²) in [4.78, 5) is 2.47. The average Bonchev–Trinajstić information content (AvgIpc) is 3.63. The van der Waals surface area contributed by atoms with Gasteiger partial charge in [-0.15, -0.1) is 0 Å². The summed E-state index contributed by atoms with van der Waals surface area (Å²) in [5, 5.41) is 7.33. The second kappa shape index (κ2) is 14.1. The van der Waals surface area contributed by atoms with Gasteiger partial charge < -0.3 is 9.47 Å². The Morgan fingerprint density at radius 2 is 0.931 bits per heavy atom. The van der Waals surface area contributed by atoms with Crippen LogP contribution in [-0.2, 0) is 0 Å². The lowest BCUT2D eigenvalue weighted by Crippen LogP contribution is -2.12. The van der Waals surface area contributed by atoms with Crippen LogP contribution in [0.15, 0.2) is 231 Å². The highest BCUT2D eigenvalue weighted by Gasteiger charge is 2.23. The molecule has 0 amide bonds. The highest BCUT2D eigenvalue weighted by molar-refractivity contribution is 6.11. The van der Waals surface area contributed by atoms with Gasteiger partial charge in [0.25, 0.3) is 0 Å². The Bertz CT molecular complexity index is 3280. The van der Waals surface area contributed by atoms with Gasteiger partial charge in [0.15, 0.2) is 0 Å². The van der Waals surface area contributed by atoms with Crippen LogP contribution in [0.1, 0.15) is 0 Å². The molecule has 0 radical (unpaired) electrons. The van der Waals surface area contributed by atoms with Crippen LogP contribution in [-0.4, -0.2) is 4.57 Å². The molecular weight excluding hydrogens is 701 g/mol. The molecule has 2 nitrogen and oxygen atoms in total. The van der Waals surface area contributed by atoms with E-state index in [0.29, 0.717) is 0 Å². The molecule has 0 unspecified atom stereocenters. The first-order valence-electron chi connectivity index (χ1n) is 19.9. The zero-order chi connectivity index (χ0) is 38.4. The normalized spacial score (nSPS) is 11.4. The molecule has 0 fully saturated rings. The molecule has 0 N–H and O–H groups in total. The molecule has 272 valence electrons. The number of nitrogens with zero attached hydrogens (tertiary/aromatic N) is 2. The number of benzene rings is 10. The fraction of sp³-hybridized carbons (Fsp3) is 0. The Balaban J connectivity index is 1.22. The molecule has 11 rings (SSSR count). The van der Waals surface area contributed by atoms with Gasteiger partial charge in [0.05, 0.1) is 16.7 Å². The van der Waals surface area contributed by atoms with Crippen molar-refractivity contribution in [2.75, 3.05) is 4.90 Å². The maximum atomic E-state index is 2.47. The predicted molar refractivity (Wildman–Crippen MR) is 247 cm³/mol. The summed E-state index contributed by atoms with van der Waals surface area (Å²) in [6, 6.07) is 83.9. The van der Waals surface area contributed by atoms with Gasteiger partial charge in [-0.1, -0.05) is 170 Å². The molecule has 0 atom stereocenters. The number of para-hydroxylation sites is 2. The van der Waals surface area contributed by atoms with E-state index >= 15 is 0 Å². The van der Waals surface area contributed by atoms with Crippen molar-refractivity contribution in [3.05, 3.63) is 231 Å². The van der Waals surface area contributed by atoms with E-state index in [1.807, 2.05) is 0 Å². The Morgan fingerprint density at radius 3 is 1.79 bits per heavy atom. The molecule has 0 spiro atoms. The van der Waals surface area contributed by atoms with Crippen LogP contribution in [0, 0.1) is 0 Å². The molecule has 1 aromatic heterocycles. The van der Waals surface area contributed by atoms with Gasteiger partial charge in [-0.2, -0.15) is 0 Å². The summed E-state index contributed by atoms with van der Waals surface area (Å²) < 4.78 is 2.39. The third-order valence-corrected chi connectivity index (χ3v) is 11.5. The zero-order valence-corrected chi connectivity index (χ0v) is 31.8. The molecule has 11 aromatic rings. The topological polar surface area (TPSA) is 8.17 Å². The Kier molecular flexibility index (Phi) is 8.19. The maximum Gasteiger partial charge on any atom is 0.0546 e. The lowest BCUT2D eigenvalue weighted by Gasteiger charge is -2.30. The van der Waals surface area contributed by atoms with Crippen molar-refractivity contribution in [1.29, 1.82) is 0 Å². The van der Waals surface area contributed by atoms with E-state index in [9.17, 15) is 0 Å². The highest BCUT2D eigenvalue weighted by Crippen LogP contribution is 2.48. The number of fused-ring (bicyclic) bond motifs is 5. The quantitative estimate of drug-likeness (QED) is 0.158. The van der Waals surface area contributed by atoms with E-state index in [2.05, 4.69) is 240 Å². The van der Waals surface area contributed by atoms with Gasteiger partial charge in [-0.3, -0.25) is 0 Å². The van der Waals surface area contributed by atoms with Crippen LogP contribution in [0.25, 0.3) is 82.4 Å². The third-order valence-electron chi connectivity index (χ3n) is 11.5. The standard InChI is InChI=1S/C56H38N2/c1-3-16-39(17-4-1)43-22-13-25-46(37-43)57(47-34-35-54-52(38-47)50-27-11-12-30-53(50)58(54)45-23-5-2-6-24-45)55-31-15-29-51(49-28-14-21-41-19-9-10-26-48(41)49)56(55)44-33-32-40-18-7-8-20-42(40)36-44/h1-38H. The van der Waals surface area contributed by atoms with Crippen LogP contribution >= 0.6 is 0 Å². The van der Waals surface area contributed by atoms with E-state index in [4.69, 9.17) is 0 Å². The number of rotatable bonds is 7. The van der Waals surface area contributed by atoms with Crippen molar-refractivity contribution >= 4 is 60.4 Å². The highest BCUT2D eigenvalue weighted by atomic mass is 15.1. The van der Waals surface area contributed by atoms with Crippen molar-refractivity contribution in [2.24, 2.45) is 0 Å². The number of anilines is 3. The smallest absolute Gasteiger partial charge is 0.0546 e. The Labute approximate surface area is 338 Å². The molecular formula is C56H38N2. The molecule has 0 saturated heterocycles. The lowest BCUT2D eigenvalue weighted by atomic mass is 9.88. The molecule has 10 aromatic carbocycles. The average molecular weight is 739 g/mol. The summed E-state index contributed by atoms with van der Waals surface area (Å²) in [5.41, 5.74) is 13.9. The van der Waals surface area contributed by atoms with E-state index in [1.165, 1.54) is 76.7 Å². The van der Waals surface area contributed by atoms with Crippen molar-refractivity contribution in [3.63, 3.8) is 0 Å². The molecule has 2 heteroatoms. The van der Waals surface area contributed by atoms with Gasteiger partial charge in [-0.25, -0.2) is 0 Å². The molecule has 0 aliphatic heterocycles. The summed E-state index contributed by atoms with van der Waals surface area (Å²) in [6.07, 6.45) is 0. The first kappa shape index (κ1) is 33.6. The van der Waals surface area contributed by atoms with Crippen molar-refractivity contribution < 1.29 is 0 Å². The SMILES string of the molecule is c1ccc(-c2cccc(N(c3ccc4c(c3)c3ccccc3n4-c3ccccc3)c3cccc(-c4cccc5ccccc45)c3-c3ccc4ccccc4c3)c2)cc1. The Morgan fingerprint density at radius 1 is 0.310 bits per heavy atom. The first-order chi connectivity index (χ1) is 28.8. The number of hydrogen-bond acceptors (Lipinski definition) is 1. The monoisotopic (exact) mass is 738 g/mol. The number of aromatic nitrogens is 1. The van der Waals surface area contributed by atoms with Gasteiger partial charge in [-0.05, 0) is 110 Å². The zero-order valence-electron chi connectivity index (χ0n) is 31.8. The fourth-order valence-corrected chi connectivity index (χ4v) is 8.90. The van der Waals surface area contributed by atoms with Crippen LogP contribution in [0.4, 0.5) is 17.1 Å². The molecule has 0 saturated carbocycles. The minimum absolute atomic E-state index is 1.09. The molecule has 58 heavy (non-hydrogen) atoms. The largest absolute Gasteiger partial charge is 0.310 e. The first-order valence-corrected chi connectivity index (χ1v) is 19.9. The molecule has 1 heterocycles. The fourth-order valence-electron chi connectivity index (χ4n) is 8.90. The lowest BCUT2D eigenvalue weighted by molar-refractivity contribution is 1.18. The second-order valence-electron chi connectivity index (χ2n) is 14.9. The van der Waals surface area contributed by atoms with E-state index in [1.54, 1.807) is 0 Å². The summed E-state index contributed by atoms with van der Waals surface area (Å²) >= 11 is 0. The van der Waals surface area contributed by atoms with E-state index < -0.39 is 0 Å². The van der Waals surface area contributed by atoms with Crippen molar-refractivity contribution in [3.8, 4) is 39.1 Å². The summed E-state index contributed by atoms with van der Waals surface area (Å²) in [6.45, 7) is 0. The van der Waals surface area contributed by atoms with Gasteiger partial charge in [0.2, 0.25) is 0 Å². The minimum Gasteiger partial charge on any atom is -0.310 e. The van der Waals surface area contributed by atoms with E-state index in [0.717, 1.165) is 22.7 Å². The number of hydrogen-bond donors (Lipinski definition) is 0. The predicted octanol–water partition coefficient (Wildman–Crippen LogP) is 15.6. The van der Waals surface area contributed by atoms with Gasteiger partial charge in [0, 0.05) is 33.4 Å². The second-order valence-corrected chi connectivity index (χ2v) is 14.9. The summed E-state index contributed by atoms with van der Waals surface area (Å²) in [5.74, 6) is 0. The molecule has 0 aliphatic rings.